The Kier molecular flexibility index (Phi) is 5.91. The third-order valence-electron chi connectivity index (χ3n) is 5.03. The van der Waals surface area contributed by atoms with Crippen molar-refractivity contribution in [2.45, 2.75) is 13.8 Å². The number of nitrogens with zero attached hydrogens (tertiary/aromatic N) is 2. The predicted molar refractivity (Wildman–Crippen MR) is 125 cm³/mol. The summed E-state index contributed by atoms with van der Waals surface area (Å²) in [7, 11) is 1.29. The van der Waals surface area contributed by atoms with Crippen LogP contribution < -0.4 is 5.01 Å². The maximum atomic E-state index is 13.0. The summed E-state index contributed by atoms with van der Waals surface area (Å²) < 4.78 is 10.7. The van der Waals surface area contributed by atoms with Crippen LogP contribution in [0.5, 0.6) is 0 Å². The molecule has 1 aliphatic heterocycles. The number of amides is 1. The molecular formula is C24H18Cl2N2O4. The van der Waals surface area contributed by atoms with E-state index in [0.29, 0.717) is 39.1 Å². The van der Waals surface area contributed by atoms with E-state index in [4.69, 9.17) is 32.4 Å². The van der Waals surface area contributed by atoms with Crippen molar-refractivity contribution < 1.29 is 18.7 Å². The SMILES string of the molecule is COC(=O)c1cc(-c2ccc(C=C3C(=O)N(c4ccc(C)c(Cl)c4)N=C3C)o2)ccc1Cl. The molecule has 0 unspecified atom stereocenters. The highest BCUT2D eigenvalue weighted by Gasteiger charge is 2.29. The molecule has 0 saturated carbocycles. The zero-order chi connectivity index (χ0) is 23.0. The van der Waals surface area contributed by atoms with Crippen LogP contribution in [-0.2, 0) is 9.53 Å². The second-order valence-electron chi connectivity index (χ2n) is 7.18. The highest BCUT2D eigenvalue weighted by Crippen LogP contribution is 2.31. The molecule has 0 spiro atoms. The highest BCUT2D eigenvalue weighted by molar-refractivity contribution is 6.34. The molecule has 3 aromatic rings. The van der Waals surface area contributed by atoms with Gasteiger partial charge in [-0.1, -0.05) is 29.3 Å². The van der Waals surface area contributed by atoms with Crippen LogP contribution in [0.2, 0.25) is 10.0 Å². The minimum Gasteiger partial charge on any atom is -0.465 e. The van der Waals surface area contributed by atoms with Crippen LogP contribution in [0.4, 0.5) is 5.69 Å². The first-order valence-corrected chi connectivity index (χ1v) is 10.4. The third-order valence-corrected chi connectivity index (χ3v) is 5.77. The van der Waals surface area contributed by atoms with E-state index in [2.05, 4.69) is 5.10 Å². The van der Waals surface area contributed by atoms with Crippen LogP contribution in [0.25, 0.3) is 17.4 Å². The van der Waals surface area contributed by atoms with Gasteiger partial charge in [0.15, 0.2) is 0 Å². The Hall–Kier alpha value is -3.35. The first-order chi connectivity index (χ1) is 15.3. The van der Waals surface area contributed by atoms with E-state index in [1.54, 1.807) is 55.5 Å². The maximum Gasteiger partial charge on any atom is 0.339 e. The Labute approximate surface area is 194 Å². The molecule has 32 heavy (non-hydrogen) atoms. The second-order valence-corrected chi connectivity index (χ2v) is 8.00. The Balaban J connectivity index is 1.62. The van der Waals surface area contributed by atoms with Crippen molar-refractivity contribution in [2.24, 2.45) is 5.10 Å². The smallest absolute Gasteiger partial charge is 0.339 e. The Morgan fingerprint density at radius 2 is 1.84 bits per heavy atom. The number of rotatable bonds is 4. The van der Waals surface area contributed by atoms with E-state index in [0.717, 1.165) is 5.56 Å². The molecule has 0 atom stereocenters. The summed E-state index contributed by atoms with van der Waals surface area (Å²) in [5.41, 5.74) is 3.37. The van der Waals surface area contributed by atoms with E-state index in [1.165, 1.54) is 12.1 Å². The number of hydrazone groups is 1. The third kappa shape index (κ3) is 4.07. The van der Waals surface area contributed by atoms with Crippen LogP contribution in [0.1, 0.15) is 28.6 Å². The Morgan fingerprint density at radius 1 is 1.06 bits per heavy atom. The molecular weight excluding hydrogens is 451 g/mol. The number of hydrogen-bond donors (Lipinski definition) is 0. The molecule has 1 amide bonds. The zero-order valence-corrected chi connectivity index (χ0v) is 19.0. The number of methoxy groups -OCH3 is 1. The summed E-state index contributed by atoms with van der Waals surface area (Å²) in [5.74, 6) is 0.169. The molecule has 0 fully saturated rings. The average molecular weight is 469 g/mol. The monoisotopic (exact) mass is 468 g/mol. The zero-order valence-electron chi connectivity index (χ0n) is 17.5. The quantitative estimate of drug-likeness (QED) is 0.339. The first-order valence-electron chi connectivity index (χ1n) is 9.64. The minimum absolute atomic E-state index is 0.240. The van der Waals surface area contributed by atoms with Gasteiger partial charge in [0.25, 0.3) is 5.91 Å². The number of benzene rings is 2. The van der Waals surface area contributed by atoms with Crippen molar-refractivity contribution in [1.82, 2.24) is 0 Å². The van der Waals surface area contributed by atoms with Crippen molar-refractivity contribution >= 4 is 52.6 Å². The van der Waals surface area contributed by atoms with Crippen LogP contribution in [0, 0.1) is 6.92 Å². The van der Waals surface area contributed by atoms with E-state index < -0.39 is 5.97 Å². The van der Waals surface area contributed by atoms with Gasteiger partial charge in [-0.15, -0.1) is 0 Å². The molecule has 1 aromatic heterocycles. The van der Waals surface area contributed by atoms with Gasteiger partial charge in [0.1, 0.15) is 11.5 Å². The summed E-state index contributed by atoms with van der Waals surface area (Å²) in [6, 6.07) is 13.8. The molecule has 2 aromatic carbocycles. The largest absolute Gasteiger partial charge is 0.465 e. The van der Waals surface area contributed by atoms with Gasteiger partial charge in [-0.3, -0.25) is 4.79 Å². The second kappa shape index (κ2) is 8.65. The van der Waals surface area contributed by atoms with Crippen LogP contribution in [0.3, 0.4) is 0 Å². The number of aryl methyl sites for hydroxylation is 1. The van der Waals surface area contributed by atoms with Gasteiger partial charge < -0.3 is 9.15 Å². The molecule has 4 rings (SSSR count). The fourth-order valence-electron chi connectivity index (χ4n) is 3.25. The van der Waals surface area contributed by atoms with E-state index >= 15 is 0 Å². The van der Waals surface area contributed by atoms with Gasteiger partial charge in [0.05, 0.1) is 34.7 Å². The number of hydrogen-bond acceptors (Lipinski definition) is 5. The van der Waals surface area contributed by atoms with Crippen molar-refractivity contribution in [3.8, 4) is 11.3 Å². The number of carbonyl (C=O) groups excluding carboxylic acids is 2. The van der Waals surface area contributed by atoms with E-state index in [-0.39, 0.29) is 16.5 Å². The van der Waals surface area contributed by atoms with Gasteiger partial charge in [-0.2, -0.15) is 10.1 Å². The number of furan rings is 1. The molecule has 1 aliphatic rings. The lowest BCUT2D eigenvalue weighted by Gasteiger charge is -2.12. The fraction of sp³-hybridized carbons (Fsp3) is 0.125. The van der Waals surface area contributed by atoms with Crippen molar-refractivity contribution in [1.29, 1.82) is 0 Å². The number of carbonyl (C=O) groups is 2. The Bertz CT molecular complexity index is 1310. The lowest BCUT2D eigenvalue weighted by Crippen LogP contribution is -2.21. The van der Waals surface area contributed by atoms with Crippen molar-refractivity contribution in [2.75, 3.05) is 12.1 Å². The molecule has 0 saturated heterocycles. The standard InChI is InChI=1S/C24H18Cl2N2O4/c1-13-4-6-16(11-21(13)26)28-23(29)18(14(2)27-28)12-17-7-9-22(32-17)15-5-8-20(25)19(10-15)24(30)31-3/h4-12H,1-3H3. The van der Waals surface area contributed by atoms with Gasteiger partial charge in [0, 0.05) is 10.6 Å². The first kappa shape index (κ1) is 21.9. The fourth-order valence-corrected chi connectivity index (χ4v) is 3.62. The molecule has 162 valence electrons. The molecule has 0 aliphatic carbocycles. The summed E-state index contributed by atoms with van der Waals surface area (Å²) in [6.45, 7) is 3.65. The molecule has 0 radical (unpaired) electrons. The van der Waals surface area contributed by atoms with Gasteiger partial charge in [0.2, 0.25) is 0 Å². The normalized spacial score (nSPS) is 14.8. The van der Waals surface area contributed by atoms with Gasteiger partial charge in [-0.25, -0.2) is 4.79 Å². The number of anilines is 1. The molecule has 0 N–H and O–H groups in total. The van der Waals surface area contributed by atoms with Crippen LogP contribution >= 0.6 is 23.2 Å². The predicted octanol–water partition coefficient (Wildman–Crippen LogP) is 6.15. The van der Waals surface area contributed by atoms with Crippen molar-refractivity contribution in [3.05, 3.63) is 81.0 Å². The maximum absolute atomic E-state index is 13.0. The number of halogens is 2. The highest BCUT2D eigenvalue weighted by atomic mass is 35.5. The molecule has 6 nitrogen and oxygen atoms in total. The van der Waals surface area contributed by atoms with Crippen LogP contribution in [0.15, 0.2) is 63.6 Å². The van der Waals surface area contributed by atoms with E-state index in [9.17, 15) is 9.59 Å². The van der Waals surface area contributed by atoms with Gasteiger partial charge in [-0.05, 0) is 68.0 Å². The Morgan fingerprint density at radius 3 is 2.56 bits per heavy atom. The topological polar surface area (TPSA) is 72.1 Å². The van der Waals surface area contributed by atoms with E-state index in [1.807, 2.05) is 13.0 Å². The number of ether oxygens (including phenoxy) is 1. The summed E-state index contributed by atoms with van der Waals surface area (Å²) >= 11 is 12.3. The summed E-state index contributed by atoms with van der Waals surface area (Å²) in [6.07, 6.45) is 1.64. The summed E-state index contributed by atoms with van der Waals surface area (Å²) in [5, 5.41) is 6.53. The number of esters is 1. The lowest BCUT2D eigenvalue weighted by atomic mass is 10.1. The molecule has 8 heteroatoms. The molecule has 2 heterocycles. The summed E-state index contributed by atoms with van der Waals surface area (Å²) in [4.78, 5) is 24.9. The average Bonchev–Trinajstić information content (AvgIpc) is 3.36. The lowest BCUT2D eigenvalue weighted by molar-refractivity contribution is -0.114. The molecule has 0 bridgehead atoms. The van der Waals surface area contributed by atoms with Crippen molar-refractivity contribution in [3.63, 3.8) is 0 Å². The van der Waals surface area contributed by atoms with Crippen LogP contribution in [-0.4, -0.2) is 24.7 Å². The minimum atomic E-state index is -0.537. The van der Waals surface area contributed by atoms with Gasteiger partial charge >= 0.3 is 5.97 Å².